The van der Waals surface area contributed by atoms with Crippen LogP contribution in [0.2, 0.25) is 0 Å². The molecule has 0 spiro atoms. The normalized spacial score (nSPS) is 32.6. The summed E-state index contributed by atoms with van der Waals surface area (Å²) in [5, 5.41) is 14.1. The molecule has 3 fully saturated rings. The van der Waals surface area contributed by atoms with E-state index in [0.29, 0.717) is 16.5 Å². The van der Waals surface area contributed by atoms with Gasteiger partial charge in [-0.25, -0.2) is 9.59 Å². The average molecular weight is 784 g/mol. The maximum Gasteiger partial charge on any atom is 0.339 e. The number of aliphatic hydroxyl groups is 1. The number of esters is 5. The van der Waals surface area contributed by atoms with Gasteiger partial charge < -0.3 is 33.5 Å². The largest absolute Gasteiger partial charge is 0.458 e. The summed E-state index contributed by atoms with van der Waals surface area (Å²) in [5.41, 5.74) is -6.39. The molecular weight excluding hydrogens is 738 g/mol. The molecule has 1 aliphatic heterocycles. The summed E-state index contributed by atoms with van der Waals surface area (Å²) in [6.45, 7) is 9.54. The van der Waals surface area contributed by atoms with Crippen LogP contribution in [0.3, 0.4) is 0 Å². The number of carbonyl (C=O) groups is 6. The second kappa shape index (κ2) is 14.2. The number of ketones is 1. The Morgan fingerprint density at radius 3 is 2.12 bits per heavy atom. The first kappa shape index (κ1) is 39.8. The summed E-state index contributed by atoms with van der Waals surface area (Å²) in [7, 11) is 0. The fraction of sp³-hybridized carbons (Fsp3) is 0.465. The Balaban J connectivity index is 1.52. The molecular formula is C43H45NO13. The van der Waals surface area contributed by atoms with Crippen molar-refractivity contribution in [2.24, 2.45) is 16.7 Å². The van der Waals surface area contributed by atoms with Crippen molar-refractivity contribution in [3.05, 3.63) is 89.1 Å². The van der Waals surface area contributed by atoms with Gasteiger partial charge in [0.15, 0.2) is 17.5 Å². The van der Waals surface area contributed by atoms with Crippen molar-refractivity contribution in [1.82, 2.24) is 4.98 Å². The van der Waals surface area contributed by atoms with E-state index in [-0.39, 0.29) is 36.1 Å². The van der Waals surface area contributed by atoms with Gasteiger partial charge in [-0.15, -0.1) is 0 Å². The lowest BCUT2D eigenvalue weighted by Crippen LogP contribution is -2.82. The number of para-hydroxylation sites is 1. The van der Waals surface area contributed by atoms with Crippen LogP contribution in [-0.4, -0.2) is 94.0 Å². The van der Waals surface area contributed by atoms with Crippen molar-refractivity contribution in [3.63, 3.8) is 0 Å². The quantitative estimate of drug-likeness (QED) is 0.198. The minimum absolute atomic E-state index is 0.109. The van der Waals surface area contributed by atoms with Crippen molar-refractivity contribution >= 4 is 46.5 Å². The lowest BCUT2D eigenvalue weighted by molar-refractivity contribution is -0.345. The Bertz CT molecular complexity index is 2210. The Morgan fingerprint density at radius 1 is 0.825 bits per heavy atom. The van der Waals surface area contributed by atoms with Crippen LogP contribution >= 0.6 is 0 Å². The molecule has 2 aromatic carbocycles. The SMILES string of the molecule is CC(=O)O[C@H]1C(=O)[C@]2(C)[C@@H](OC(=O)c3ccnc4ccccc34)C[C@H]3OC[C@@]3(OC(C)=O)[C@H]2[C@H](OC(=O)c2ccccc2)[C@]2(O)C[C@H](OC(C)=O)C(C)=C1C2(C)C. The number of Topliss-reactive ketones (excluding diaryl/α,β-unsaturated/α-hetero) is 1. The van der Waals surface area contributed by atoms with E-state index in [1.165, 1.54) is 45.2 Å². The fourth-order valence-corrected chi connectivity index (χ4v) is 9.83. The van der Waals surface area contributed by atoms with Crippen LogP contribution in [0.25, 0.3) is 10.9 Å². The van der Waals surface area contributed by atoms with E-state index in [1.807, 2.05) is 0 Å². The summed E-state index contributed by atoms with van der Waals surface area (Å²) in [6.07, 6.45) is -6.19. The molecule has 1 saturated heterocycles. The van der Waals surface area contributed by atoms with Crippen LogP contribution in [0.1, 0.15) is 82.0 Å². The highest BCUT2D eigenvalue weighted by Crippen LogP contribution is 2.65. The standard InChI is InChI=1S/C43H45NO13/c1-22-30(53-23(2)45)20-43(51)37(56-38(49)26-13-9-8-10-14-26)35-41(7,36(48)34(54-24(3)46)33(22)40(43,5)6)31(19-32-42(35,21-52-32)57-25(4)47)55-39(50)28-17-18-44-29-16-12-11-15-27(28)29/h8-18,30-32,34-35,37,51H,19-21H2,1-7H3/t30-,31-,32+,34+,35-,37-,41+,42-,43+/m0/s1. The number of carbonyl (C=O) groups excluding carboxylic acids is 6. The van der Waals surface area contributed by atoms with Crippen molar-refractivity contribution < 1.29 is 62.3 Å². The minimum Gasteiger partial charge on any atom is -0.458 e. The van der Waals surface area contributed by atoms with Gasteiger partial charge in [0.05, 0.1) is 34.6 Å². The highest BCUT2D eigenvalue weighted by Gasteiger charge is 2.79. The third-order valence-corrected chi connectivity index (χ3v) is 12.6. The fourth-order valence-electron chi connectivity index (χ4n) is 9.83. The molecule has 3 aromatic rings. The van der Waals surface area contributed by atoms with Gasteiger partial charge in [-0.05, 0) is 49.3 Å². The van der Waals surface area contributed by atoms with Crippen molar-refractivity contribution in [2.75, 3.05) is 6.61 Å². The second-order valence-electron chi connectivity index (χ2n) is 16.1. The summed E-state index contributed by atoms with van der Waals surface area (Å²) < 4.78 is 36.8. The second-order valence-corrected chi connectivity index (χ2v) is 16.1. The molecule has 3 aliphatic carbocycles. The number of pyridine rings is 1. The number of ether oxygens (including phenoxy) is 6. The lowest BCUT2D eigenvalue weighted by Gasteiger charge is -2.67. The summed E-state index contributed by atoms with van der Waals surface area (Å²) in [4.78, 5) is 87.6. The van der Waals surface area contributed by atoms with E-state index in [2.05, 4.69) is 4.98 Å². The Hall–Kier alpha value is -5.47. The molecule has 1 N–H and O–H groups in total. The Kier molecular flexibility index (Phi) is 9.88. The number of fused-ring (bicyclic) bond motifs is 6. The molecule has 1 aromatic heterocycles. The van der Waals surface area contributed by atoms with Gasteiger partial charge in [0.2, 0.25) is 0 Å². The zero-order chi connectivity index (χ0) is 41.2. The molecule has 2 saturated carbocycles. The summed E-state index contributed by atoms with van der Waals surface area (Å²) in [5.74, 6) is -6.31. The molecule has 0 amide bonds. The van der Waals surface area contributed by atoms with E-state index in [1.54, 1.807) is 63.2 Å². The van der Waals surface area contributed by atoms with Gasteiger partial charge in [0, 0.05) is 50.6 Å². The van der Waals surface area contributed by atoms with Gasteiger partial charge >= 0.3 is 29.8 Å². The number of rotatable bonds is 7. The van der Waals surface area contributed by atoms with Gasteiger partial charge in [-0.2, -0.15) is 0 Å². The van der Waals surface area contributed by atoms with Crippen LogP contribution in [-0.2, 0) is 47.6 Å². The third-order valence-electron chi connectivity index (χ3n) is 12.6. The number of benzene rings is 2. The van der Waals surface area contributed by atoms with Crippen molar-refractivity contribution in [3.8, 4) is 0 Å². The van der Waals surface area contributed by atoms with Gasteiger partial charge in [-0.1, -0.05) is 50.2 Å². The highest BCUT2D eigenvalue weighted by atomic mass is 16.6. The van der Waals surface area contributed by atoms with E-state index < -0.39 is 94.1 Å². The van der Waals surface area contributed by atoms with E-state index in [0.717, 1.165) is 6.92 Å². The lowest BCUT2D eigenvalue weighted by atomic mass is 9.44. The molecule has 2 bridgehead atoms. The Labute approximate surface area is 328 Å². The number of aromatic nitrogens is 1. The van der Waals surface area contributed by atoms with Crippen molar-refractivity contribution in [2.45, 2.75) is 103 Å². The monoisotopic (exact) mass is 783 g/mol. The van der Waals surface area contributed by atoms with Crippen LogP contribution < -0.4 is 0 Å². The average Bonchev–Trinajstić information content (AvgIpc) is 3.15. The summed E-state index contributed by atoms with van der Waals surface area (Å²) >= 11 is 0. The Morgan fingerprint density at radius 2 is 1.49 bits per heavy atom. The zero-order valence-corrected chi connectivity index (χ0v) is 32.7. The third kappa shape index (κ3) is 6.20. The predicted molar refractivity (Wildman–Crippen MR) is 199 cm³/mol. The molecule has 2 heterocycles. The first-order valence-electron chi connectivity index (χ1n) is 18.8. The first-order valence-corrected chi connectivity index (χ1v) is 18.8. The summed E-state index contributed by atoms with van der Waals surface area (Å²) in [6, 6.07) is 16.4. The molecule has 9 atom stereocenters. The van der Waals surface area contributed by atoms with Crippen LogP contribution in [0.5, 0.6) is 0 Å². The molecule has 14 heteroatoms. The molecule has 300 valence electrons. The number of hydrogen-bond donors (Lipinski definition) is 1. The maximum absolute atomic E-state index is 15.9. The van der Waals surface area contributed by atoms with E-state index >= 15 is 4.79 Å². The highest BCUT2D eigenvalue weighted by molar-refractivity contribution is 6.03. The first-order chi connectivity index (χ1) is 26.9. The maximum atomic E-state index is 15.9. The molecule has 0 radical (unpaired) electrons. The van der Waals surface area contributed by atoms with Crippen molar-refractivity contribution in [1.29, 1.82) is 0 Å². The molecule has 14 nitrogen and oxygen atoms in total. The smallest absolute Gasteiger partial charge is 0.339 e. The van der Waals surface area contributed by atoms with E-state index in [4.69, 9.17) is 28.4 Å². The molecule has 7 rings (SSSR count). The molecule has 57 heavy (non-hydrogen) atoms. The molecule has 0 unspecified atom stereocenters. The molecule has 4 aliphatic rings. The number of nitrogens with zero attached hydrogens (tertiary/aromatic N) is 1. The predicted octanol–water partition coefficient (Wildman–Crippen LogP) is 4.64. The van der Waals surface area contributed by atoms with E-state index in [9.17, 15) is 29.1 Å². The van der Waals surface area contributed by atoms with Gasteiger partial charge in [0.25, 0.3) is 0 Å². The van der Waals surface area contributed by atoms with Crippen LogP contribution in [0, 0.1) is 16.7 Å². The zero-order valence-electron chi connectivity index (χ0n) is 32.7. The minimum atomic E-state index is -2.25. The van der Waals surface area contributed by atoms with Crippen LogP contribution in [0.4, 0.5) is 0 Å². The van der Waals surface area contributed by atoms with Gasteiger partial charge in [0.1, 0.15) is 30.0 Å². The topological polar surface area (TPSA) is 191 Å². The van der Waals surface area contributed by atoms with Crippen LogP contribution in [0.15, 0.2) is 78.0 Å². The van der Waals surface area contributed by atoms with Gasteiger partial charge in [-0.3, -0.25) is 24.2 Å². The number of hydrogen-bond acceptors (Lipinski definition) is 14.